The minimum Gasteiger partial charge on any atom is -0.384 e. The van der Waals surface area contributed by atoms with Crippen molar-refractivity contribution in [1.82, 2.24) is 15.5 Å². The lowest BCUT2D eigenvalue weighted by atomic mass is 10.1. The summed E-state index contributed by atoms with van der Waals surface area (Å²) in [6, 6.07) is 10.5. The highest BCUT2D eigenvalue weighted by Gasteiger charge is 2.41. The molecule has 1 aliphatic heterocycles. The van der Waals surface area contributed by atoms with E-state index in [2.05, 4.69) is 21.3 Å². The number of aldehydes is 1. The molecule has 0 aromatic heterocycles. The topological polar surface area (TPSA) is 181 Å². The molecule has 5 amide bonds. The molecule has 2 aromatic rings. The molecular weight excluding hydrogens is 598 g/mol. The van der Waals surface area contributed by atoms with Crippen LogP contribution >= 0.6 is 0 Å². The zero-order chi connectivity index (χ0) is 33.1. The largest absolute Gasteiger partial charge is 0.384 e. The lowest BCUT2D eigenvalue weighted by molar-refractivity contribution is -0.121. The summed E-state index contributed by atoms with van der Waals surface area (Å²) in [7, 11) is 1.48. The summed E-state index contributed by atoms with van der Waals surface area (Å²) < 4.78 is 16.6. The molecule has 46 heavy (non-hydrogen) atoms. The van der Waals surface area contributed by atoms with E-state index in [0.717, 1.165) is 4.90 Å². The number of fused-ring (bicyclic) bond motifs is 1. The molecule has 1 unspecified atom stereocenters. The maximum atomic E-state index is 13.1. The van der Waals surface area contributed by atoms with E-state index in [9.17, 15) is 28.8 Å². The van der Waals surface area contributed by atoms with Gasteiger partial charge in [0.1, 0.15) is 6.29 Å². The van der Waals surface area contributed by atoms with Crippen molar-refractivity contribution in [3.05, 3.63) is 59.2 Å². The zero-order valence-corrected chi connectivity index (χ0v) is 25.9. The number of anilines is 2. The van der Waals surface area contributed by atoms with E-state index in [1.807, 2.05) is 0 Å². The highest BCUT2D eigenvalue weighted by Crippen LogP contribution is 2.31. The number of benzene rings is 2. The molecule has 2 aromatic carbocycles. The van der Waals surface area contributed by atoms with Crippen LogP contribution in [0.3, 0.4) is 0 Å². The van der Waals surface area contributed by atoms with Crippen molar-refractivity contribution in [1.29, 1.82) is 0 Å². The molecular formula is C32H41N5O9. The molecule has 0 saturated heterocycles. The van der Waals surface area contributed by atoms with Crippen LogP contribution in [0.1, 0.15) is 56.8 Å². The second kappa shape index (κ2) is 19.7. The van der Waals surface area contributed by atoms with Gasteiger partial charge < -0.3 is 40.3 Å². The van der Waals surface area contributed by atoms with Gasteiger partial charge in [-0.15, -0.1) is 0 Å². The molecule has 1 atom stereocenters. The normalized spacial score (nSPS) is 12.8. The molecule has 248 valence electrons. The molecule has 0 saturated carbocycles. The number of imide groups is 1. The Labute approximate surface area is 267 Å². The Kier molecular flexibility index (Phi) is 15.3. The molecule has 0 fully saturated rings. The van der Waals surface area contributed by atoms with E-state index < -0.39 is 17.9 Å². The van der Waals surface area contributed by atoms with Gasteiger partial charge in [-0.25, -0.2) is 0 Å². The molecule has 1 heterocycles. The fourth-order valence-corrected chi connectivity index (χ4v) is 4.62. The van der Waals surface area contributed by atoms with Gasteiger partial charge in [-0.2, -0.15) is 0 Å². The number of ether oxygens (including phenoxy) is 3. The van der Waals surface area contributed by atoms with Crippen LogP contribution in [-0.4, -0.2) is 107 Å². The average molecular weight is 640 g/mol. The van der Waals surface area contributed by atoms with E-state index in [4.69, 9.17) is 14.2 Å². The second-order valence-electron chi connectivity index (χ2n) is 10.2. The Morgan fingerprint density at radius 3 is 2.13 bits per heavy atom. The lowest BCUT2D eigenvalue weighted by Gasteiger charge is -2.21. The zero-order valence-electron chi connectivity index (χ0n) is 25.9. The maximum Gasteiger partial charge on any atom is 0.264 e. The molecule has 0 aliphatic carbocycles. The molecule has 0 bridgehead atoms. The number of hydrogen-bond donors (Lipinski definition) is 4. The van der Waals surface area contributed by atoms with Gasteiger partial charge in [-0.1, -0.05) is 6.07 Å². The summed E-state index contributed by atoms with van der Waals surface area (Å²) in [5, 5.41) is 11.0. The second-order valence-corrected chi connectivity index (χ2v) is 10.2. The first-order valence-electron chi connectivity index (χ1n) is 15.1. The highest BCUT2D eigenvalue weighted by atomic mass is 16.5. The summed E-state index contributed by atoms with van der Waals surface area (Å²) in [4.78, 5) is 72.8. The molecule has 14 heteroatoms. The first-order valence-corrected chi connectivity index (χ1v) is 15.1. The van der Waals surface area contributed by atoms with Gasteiger partial charge in [0.25, 0.3) is 17.7 Å². The van der Waals surface area contributed by atoms with Crippen molar-refractivity contribution in [2.24, 2.45) is 0 Å². The molecule has 0 spiro atoms. The van der Waals surface area contributed by atoms with Gasteiger partial charge in [0, 0.05) is 56.7 Å². The number of amides is 5. The molecule has 1 aliphatic rings. The van der Waals surface area contributed by atoms with Gasteiger partial charge in [0.15, 0.2) is 0 Å². The van der Waals surface area contributed by atoms with Crippen LogP contribution in [0, 0.1) is 0 Å². The van der Waals surface area contributed by atoms with Crippen molar-refractivity contribution < 1.29 is 43.0 Å². The Morgan fingerprint density at radius 2 is 1.50 bits per heavy atom. The van der Waals surface area contributed by atoms with E-state index >= 15 is 0 Å². The summed E-state index contributed by atoms with van der Waals surface area (Å²) in [5.74, 6) is -1.59. The predicted molar refractivity (Wildman–Crippen MR) is 169 cm³/mol. The molecule has 3 rings (SSSR count). The smallest absolute Gasteiger partial charge is 0.264 e. The van der Waals surface area contributed by atoms with Crippen LogP contribution in [0.25, 0.3) is 0 Å². The average Bonchev–Trinajstić information content (AvgIpc) is 3.33. The van der Waals surface area contributed by atoms with Crippen LogP contribution < -0.4 is 21.3 Å². The molecule has 4 N–H and O–H groups in total. The quantitative estimate of drug-likeness (QED) is 0.0792. The summed E-state index contributed by atoms with van der Waals surface area (Å²) in [5.41, 5.74) is 2.06. The highest BCUT2D eigenvalue weighted by molar-refractivity contribution is 6.24. The van der Waals surface area contributed by atoms with Crippen molar-refractivity contribution in [3.63, 3.8) is 0 Å². The number of carbonyl (C=O) groups excluding carboxylic acids is 6. The Balaban J connectivity index is 1.21. The van der Waals surface area contributed by atoms with Crippen molar-refractivity contribution >= 4 is 47.7 Å². The van der Waals surface area contributed by atoms with Gasteiger partial charge in [-0.3, -0.25) is 28.9 Å². The SMILES string of the molecule is CNC(=O)CCC(C=O)N1C(=O)c2cccc(NCCCOCCOCCOCCCNC(=O)c3ccc(NC=O)cc3)c2C1=O. The first-order chi connectivity index (χ1) is 22.4. The summed E-state index contributed by atoms with van der Waals surface area (Å²) in [6.45, 7) is 3.55. The van der Waals surface area contributed by atoms with Gasteiger partial charge in [0.2, 0.25) is 12.3 Å². The van der Waals surface area contributed by atoms with Gasteiger partial charge >= 0.3 is 0 Å². The summed E-state index contributed by atoms with van der Waals surface area (Å²) in [6.07, 6.45) is 2.46. The van der Waals surface area contributed by atoms with Crippen LogP contribution in [0.2, 0.25) is 0 Å². The maximum absolute atomic E-state index is 13.1. The molecule has 14 nitrogen and oxygen atoms in total. The first kappa shape index (κ1) is 35.8. The third-order valence-corrected chi connectivity index (χ3v) is 7.03. The predicted octanol–water partition coefficient (Wildman–Crippen LogP) is 1.62. The van der Waals surface area contributed by atoms with Crippen LogP contribution in [-0.2, 0) is 28.6 Å². The summed E-state index contributed by atoms with van der Waals surface area (Å²) >= 11 is 0. The number of hydrogen-bond acceptors (Lipinski definition) is 10. The van der Waals surface area contributed by atoms with E-state index in [-0.39, 0.29) is 35.8 Å². The minimum atomic E-state index is -1.02. The number of carbonyl (C=O) groups is 6. The van der Waals surface area contributed by atoms with E-state index in [1.54, 1.807) is 42.5 Å². The monoisotopic (exact) mass is 639 g/mol. The van der Waals surface area contributed by atoms with Gasteiger partial charge in [-0.05, 0) is 55.7 Å². The Bertz CT molecular complexity index is 1340. The lowest BCUT2D eigenvalue weighted by Crippen LogP contribution is -2.41. The van der Waals surface area contributed by atoms with E-state index in [0.29, 0.717) is 95.2 Å². The van der Waals surface area contributed by atoms with Gasteiger partial charge in [0.05, 0.1) is 43.6 Å². The Morgan fingerprint density at radius 1 is 0.848 bits per heavy atom. The van der Waals surface area contributed by atoms with Crippen molar-refractivity contribution in [2.75, 3.05) is 70.4 Å². The van der Waals surface area contributed by atoms with Crippen LogP contribution in [0.15, 0.2) is 42.5 Å². The van der Waals surface area contributed by atoms with Crippen LogP contribution in [0.5, 0.6) is 0 Å². The van der Waals surface area contributed by atoms with Crippen LogP contribution in [0.4, 0.5) is 11.4 Å². The third kappa shape index (κ3) is 10.8. The minimum absolute atomic E-state index is 0.0154. The number of nitrogens with one attached hydrogen (secondary N) is 4. The fraction of sp³-hybridized carbons (Fsp3) is 0.438. The Hall–Kier alpha value is -4.66. The standard InChI is InChI=1S/C32H41N5O9/c1-33-28(40)12-11-25(21-38)37-31(42)26-5-2-6-27(29(26)32(37)43)34-13-3-15-44-17-19-46-20-18-45-16-4-14-35-30(41)23-7-9-24(10-8-23)36-22-39/h2,5-10,21-22,25,34H,3-4,11-20H2,1H3,(H,33,40)(H,35,41)(H,36,39). The van der Waals surface area contributed by atoms with E-state index in [1.165, 1.54) is 7.05 Å². The number of rotatable bonds is 23. The van der Waals surface area contributed by atoms with Crippen molar-refractivity contribution in [3.8, 4) is 0 Å². The third-order valence-electron chi connectivity index (χ3n) is 7.03. The molecule has 0 radical (unpaired) electrons. The fourth-order valence-electron chi connectivity index (χ4n) is 4.62. The number of nitrogens with zero attached hydrogens (tertiary/aromatic N) is 1. The van der Waals surface area contributed by atoms with Crippen molar-refractivity contribution in [2.45, 2.75) is 31.7 Å².